The van der Waals surface area contributed by atoms with E-state index in [-0.39, 0.29) is 18.1 Å². The first-order chi connectivity index (χ1) is 10.6. The SMILES string of the molecule is O=C(CN1CCCc2ccccc21)Nc1ccc(F)cc1F. The number of carbonyl (C=O) groups is 1. The third kappa shape index (κ3) is 3.08. The van der Waals surface area contributed by atoms with Crippen LogP contribution in [-0.2, 0) is 11.2 Å². The fraction of sp³-hybridized carbons (Fsp3) is 0.235. The van der Waals surface area contributed by atoms with Crippen LogP contribution in [0.25, 0.3) is 0 Å². The zero-order valence-electron chi connectivity index (χ0n) is 12.0. The molecule has 1 amide bonds. The van der Waals surface area contributed by atoms with E-state index in [1.807, 2.05) is 23.1 Å². The molecule has 22 heavy (non-hydrogen) atoms. The summed E-state index contributed by atoms with van der Waals surface area (Å²) in [6.45, 7) is 0.935. The van der Waals surface area contributed by atoms with Crippen LogP contribution in [0.15, 0.2) is 42.5 Å². The van der Waals surface area contributed by atoms with Crippen LogP contribution < -0.4 is 10.2 Å². The smallest absolute Gasteiger partial charge is 0.243 e. The van der Waals surface area contributed by atoms with Crippen LogP contribution in [0.2, 0.25) is 0 Å². The molecule has 3 nitrogen and oxygen atoms in total. The Morgan fingerprint density at radius 3 is 2.82 bits per heavy atom. The van der Waals surface area contributed by atoms with E-state index in [9.17, 15) is 13.6 Å². The number of rotatable bonds is 3. The predicted molar refractivity (Wildman–Crippen MR) is 82.0 cm³/mol. The first-order valence-corrected chi connectivity index (χ1v) is 7.21. The Hall–Kier alpha value is -2.43. The highest BCUT2D eigenvalue weighted by Gasteiger charge is 2.19. The Balaban J connectivity index is 1.70. The molecule has 0 spiro atoms. The van der Waals surface area contributed by atoms with Gasteiger partial charge in [-0.3, -0.25) is 4.79 Å². The highest BCUT2D eigenvalue weighted by atomic mass is 19.1. The van der Waals surface area contributed by atoms with Crippen molar-refractivity contribution in [2.75, 3.05) is 23.3 Å². The average molecular weight is 302 g/mol. The minimum absolute atomic E-state index is 0.00306. The summed E-state index contributed by atoms with van der Waals surface area (Å²) in [7, 11) is 0. The van der Waals surface area contributed by atoms with E-state index < -0.39 is 11.6 Å². The molecule has 0 bridgehead atoms. The topological polar surface area (TPSA) is 32.3 Å². The highest BCUT2D eigenvalue weighted by molar-refractivity contribution is 5.94. The average Bonchev–Trinajstić information content (AvgIpc) is 2.50. The van der Waals surface area contributed by atoms with Gasteiger partial charge in [-0.15, -0.1) is 0 Å². The molecule has 0 saturated carbocycles. The summed E-state index contributed by atoms with van der Waals surface area (Å²) in [5.41, 5.74) is 2.26. The lowest BCUT2D eigenvalue weighted by Gasteiger charge is -2.30. The maximum Gasteiger partial charge on any atom is 0.243 e. The molecule has 1 aliphatic heterocycles. The van der Waals surface area contributed by atoms with Crippen molar-refractivity contribution in [3.63, 3.8) is 0 Å². The Morgan fingerprint density at radius 2 is 2.00 bits per heavy atom. The lowest BCUT2D eigenvalue weighted by molar-refractivity contribution is -0.115. The monoisotopic (exact) mass is 302 g/mol. The normalized spacial score (nSPS) is 13.6. The van der Waals surface area contributed by atoms with Gasteiger partial charge in [-0.2, -0.15) is 0 Å². The minimum atomic E-state index is -0.771. The Morgan fingerprint density at radius 1 is 1.18 bits per heavy atom. The number of halogens is 2. The molecule has 2 aromatic rings. The number of aryl methyl sites for hydroxylation is 1. The largest absolute Gasteiger partial charge is 0.362 e. The van der Waals surface area contributed by atoms with Crippen LogP contribution in [0, 0.1) is 11.6 Å². The van der Waals surface area contributed by atoms with Crippen LogP contribution in [0.4, 0.5) is 20.2 Å². The molecule has 0 aromatic heterocycles. The van der Waals surface area contributed by atoms with Crippen molar-refractivity contribution in [3.05, 3.63) is 59.7 Å². The number of fused-ring (bicyclic) bond motifs is 1. The van der Waals surface area contributed by atoms with Crippen LogP contribution in [0.3, 0.4) is 0 Å². The number of nitrogens with one attached hydrogen (secondary N) is 1. The number of hydrogen-bond donors (Lipinski definition) is 1. The van der Waals surface area contributed by atoms with Crippen LogP contribution in [0.1, 0.15) is 12.0 Å². The van der Waals surface area contributed by atoms with E-state index in [1.165, 1.54) is 11.6 Å². The molecule has 0 saturated heterocycles. The van der Waals surface area contributed by atoms with Gasteiger partial charge < -0.3 is 10.2 Å². The standard InChI is InChI=1S/C17H16F2N2O/c18-13-7-8-15(14(19)10-13)20-17(22)11-21-9-3-5-12-4-1-2-6-16(12)21/h1-2,4,6-8,10H,3,5,9,11H2,(H,20,22). The Kier molecular flexibility index (Phi) is 4.04. The number of carbonyl (C=O) groups excluding carboxylic acids is 1. The molecule has 0 radical (unpaired) electrons. The van der Waals surface area contributed by atoms with Gasteiger partial charge in [0.15, 0.2) is 0 Å². The number of hydrogen-bond acceptors (Lipinski definition) is 2. The zero-order chi connectivity index (χ0) is 15.5. The molecule has 5 heteroatoms. The van der Waals surface area contributed by atoms with E-state index in [1.54, 1.807) is 0 Å². The van der Waals surface area contributed by atoms with Crippen molar-refractivity contribution < 1.29 is 13.6 Å². The third-order valence-corrected chi connectivity index (χ3v) is 3.75. The number of anilines is 2. The maximum absolute atomic E-state index is 13.6. The first kappa shape index (κ1) is 14.5. The van der Waals surface area contributed by atoms with E-state index in [2.05, 4.69) is 11.4 Å². The number of nitrogens with zero attached hydrogens (tertiary/aromatic N) is 1. The quantitative estimate of drug-likeness (QED) is 0.943. The van der Waals surface area contributed by atoms with E-state index in [0.717, 1.165) is 37.2 Å². The summed E-state index contributed by atoms with van der Waals surface area (Å²) < 4.78 is 26.4. The van der Waals surface area contributed by atoms with Gasteiger partial charge in [-0.05, 0) is 36.6 Å². The van der Waals surface area contributed by atoms with Gasteiger partial charge in [0.25, 0.3) is 0 Å². The van der Waals surface area contributed by atoms with Gasteiger partial charge >= 0.3 is 0 Å². The second-order valence-electron chi connectivity index (χ2n) is 5.33. The number of benzene rings is 2. The van der Waals surface area contributed by atoms with Crippen molar-refractivity contribution in [2.24, 2.45) is 0 Å². The van der Waals surface area contributed by atoms with Gasteiger partial charge in [-0.25, -0.2) is 8.78 Å². The van der Waals surface area contributed by atoms with Crippen molar-refractivity contribution in [3.8, 4) is 0 Å². The summed E-state index contributed by atoms with van der Waals surface area (Å²) in [5, 5.41) is 2.49. The van der Waals surface area contributed by atoms with Crippen molar-refractivity contribution in [1.29, 1.82) is 0 Å². The summed E-state index contributed by atoms with van der Waals surface area (Å²) in [6, 6.07) is 11.1. The van der Waals surface area contributed by atoms with E-state index in [4.69, 9.17) is 0 Å². The Labute approximate surface area is 127 Å². The summed E-state index contributed by atoms with van der Waals surface area (Å²) >= 11 is 0. The van der Waals surface area contributed by atoms with Gasteiger partial charge in [0.05, 0.1) is 12.2 Å². The number of amides is 1. The molecule has 0 unspecified atom stereocenters. The van der Waals surface area contributed by atoms with E-state index >= 15 is 0 Å². The molecule has 1 aliphatic rings. The summed E-state index contributed by atoms with van der Waals surface area (Å²) in [4.78, 5) is 14.1. The van der Waals surface area contributed by atoms with Crippen molar-refractivity contribution in [1.82, 2.24) is 0 Å². The van der Waals surface area contributed by atoms with Crippen LogP contribution in [-0.4, -0.2) is 19.0 Å². The zero-order valence-corrected chi connectivity index (χ0v) is 12.0. The van der Waals surface area contributed by atoms with Crippen molar-refractivity contribution in [2.45, 2.75) is 12.8 Å². The van der Waals surface area contributed by atoms with Gasteiger partial charge in [0.2, 0.25) is 5.91 Å². The summed E-state index contributed by atoms with van der Waals surface area (Å²) in [6.07, 6.45) is 1.98. The molecule has 0 fully saturated rings. The van der Waals surface area contributed by atoms with E-state index in [0.29, 0.717) is 0 Å². The van der Waals surface area contributed by atoms with Crippen LogP contribution in [0.5, 0.6) is 0 Å². The second-order valence-corrected chi connectivity index (χ2v) is 5.33. The molecule has 1 N–H and O–H groups in total. The molecular weight excluding hydrogens is 286 g/mol. The predicted octanol–water partition coefficient (Wildman–Crippen LogP) is 3.36. The molecular formula is C17H16F2N2O. The molecule has 114 valence electrons. The van der Waals surface area contributed by atoms with Gasteiger partial charge in [0.1, 0.15) is 11.6 Å². The summed E-state index contributed by atoms with van der Waals surface area (Å²) in [5.74, 6) is -1.75. The Bertz CT molecular complexity index is 703. The minimum Gasteiger partial charge on any atom is -0.362 e. The highest BCUT2D eigenvalue weighted by Crippen LogP contribution is 2.26. The molecule has 0 atom stereocenters. The fourth-order valence-corrected chi connectivity index (χ4v) is 2.73. The molecule has 1 heterocycles. The first-order valence-electron chi connectivity index (χ1n) is 7.21. The van der Waals surface area contributed by atoms with Gasteiger partial charge in [0, 0.05) is 18.3 Å². The lowest BCUT2D eigenvalue weighted by atomic mass is 10.0. The maximum atomic E-state index is 13.6. The molecule has 2 aromatic carbocycles. The second kappa shape index (κ2) is 6.13. The van der Waals surface area contributed by atoms with Gasteiger partial charge in [-0.1, -0.05) is 18.2 Å². The fourth-order valence-electron chi connectivity index (χ4n) is 2.73. The third-order valence-electron chi connectivity index (χ3n) is 3.75. The van der Waals surface area contributed by atoms with Crippen molar-refractivity contribution >= 4 is 17.3 Å². The lowest BCUT2D eigenvalue weighted by Crippen LogP contribution is -2.36. The van der Waals surface area contributed by atoms with Crippen LogP contribution >= 0.6 is 0 Å². The molecule has 0 aliphatic carbocycles. The molecule has 3 rings (SSSR count). The number of para-hydroxylation sites is 1.